The Morgan fingerprint density at radius 2 is 1.66 bits per heavy atom. The van der Waals surface area contributed by atoms with E-state index in [0.29, 0.717) is 23.9 Å². The van der Waals surface area contributed by atoms with Crippen molar-refractivity contribution in [2.45, 2.75) is 30.6 Å². The molecule has 0 aliphatic carbocycles. The maximum atomic E-state index is 12.9. The van der Waals surface area contributed by atoms with Gasteiger partial charge >= 0.3 is 5.97 Å². The minimum absolute atomic E-state index is 0.0462. The highest BCUT2D eigenvalue weighted by molar-refractivity contribution is 7.89. The third-order valence-corrected chi connectivity index (χ3v) is 6.82. The van der Waals surface area contributed by atoms with Gasteiger partial charge in [-0.05, 0) is 55.3 Å². The first-order chi connectivity index (χ1) is 14.0. The molecule has 0 aromatic heterocycles. The normalized spacial score (nSPS) is 15.5. The topological polar surface area (TPSA) is 72.9 Å². The van der Waals surface area contributed by atoms with E-state index in [1.165, 1.54) is 16.4 Å². The van der Waals surface area contributed by atoms with Crippen molar-refractivity contribution in [2.75, 3.05) is 26.3 Å². The van der Waals surface area contributed by atoms with Crippen LogP contribution in [0.25, 0.3) is 0 Å². The molecule has 2 aromatic carbocycles. The molecule has 0 N–H and O–H groups in total. The summed E-state index contributed by atoms with van der Waals surface area (Å²) in [6.07, 6.45) is 3.79. The maximum Gasteiger partial charge on any atom is 0.338 e. The van der Waals surface area contributed by atoms with Gasteiger partial charge in [-0.25, -0.2) is 13.2 Å². The Labute approximate surface area is 176 Å². The first kappa shape index (κ1) is 21.6. The number of rotatable bonds is 7. The third kappa shape index (κ3) is 5.95. The molecule has 156 valence electrons. The highest BCUT2D eigenvalue weighted by atomic mass is 35.5. The highest BCUT2D eigenvalue weighted by Crippen LogP contribution is 2.21. The van der Waals surface area contributed by atoms with E-state index < -0.39 is 16.0 Å². The number of carbonyl (C=O) groups excluding carboxylic acids is 1. The summed E-state index contributed by atoms with van der Waals surface area (Å²) < 4.78 is 38.0. The molecule has 0 unspecified atom stereocenters. The molecule has 0 bridgehead atoms. The van der Waals surface area contributed by atoms with Gasteiger partial charge in [0.1, 0.15) is 19.0 Å². The van der Waals surface area contributed by atoms with Gasteiger partial charge in [-0.3, -0.25) is 0 Å². The molecule has 0 spiro atoms. The summed E-state index contributed by atoms with van der Waals surface area (Å²) in [7, 11) is -3.62. The number of esters is 1. The third-order valence-electron chi connectivity index (χ3n) is 4.67. The van der Waals surface area contributed by atoms with E-state index >= 15 is 0 Å². The minimum Gasteiger partial charge on any atom is -0.490 e. The van der Waals surface area contributed by atoms with Crippen molar-refractivity contribution in [3.8, 4) is 5.75 Å². The van der Waals surface area contributed by atoms with Crippen LogP contribution in [0.2, 0.25) is 5.02 Å². The molecule has 1 aliphatic heterocycles. The average Bonchev–Trinajstić information content (AvgIpc) is 3.02. The van der Waals surface area contributed by atoms with E-state index in [4.69, 9.17) is 21.1 Å². The smallest absolute Gasteiger partial charge is 0.338 e. The van der Waals surface area contributed by atoms with Crippen LogP contribution in [0, 0.1) is 0 Å². The Bertz CT molecular complexity index is 922. The summed E-state index contributed by atoms with van der Waals surface area (Å²) in [5.41, 5.74) is 0.201. The second-order valence-electron chi connectivity index (χ2n) is 6.78. The first-order valence-electron chi connectivity index (χ1n) is 9.62. The van der Waals surface area contributed by atoms with Crippen molar-refractivity contribution in [2.24, 2.45) is 0 Å². The lowest BCUT2D eigenvalue weighted by Crippen LogP contribution is -2.32. The van der Waals surface area contributed by atoms with Gasteiger partial charge in [0, 0.05) is 18.1 Å². The summed E-state index contributed by atoms with van der Waals surface area (Å²) >= 11 is 5.81. The van der Waals surface area contributed by atoms with Gasteiger partial charge in [0.2, 0.25) is 10.0 Å². The number of carbonyl (C=O) groups is 1. The van der Waals surface area contributed by atoms with Crippen LogP contribution < -0.4 is 4.74 Å². The molecule has 0 atom stereocenters. The van der Waals surface area contributed by atoms with Crippen molar-refractivity contribution < 1.29 is 22.7 Å². The SMILES string of the molecule is O=C(OCCOc1ccc(Cl)cc1)c1cccc(S(=O)(=O)N2CCCCCC2)c1. The number of benzene rings is 2. The van der Waals surface area contributed by atoms with Gasteiger partial charge in [0.05, 0.1) is 10.5 Å². The quantitative estimate of drug-likeness (QED) is 0.480. The number of hydrogen-bond donors (Lipinski definition) is 0. The van der Waals surface area contributed by atoms with Crippen molar-refractivity contribution in [1.82, 2.24) is 4.31 Å². The Balaban J connectivity index is 1.57. The molecular formula is C21H24ClNO5S. The van der Waals surface area contributed by atoms with Crippen LogP contribution in [0.1, 0.15) is 36.0 Å². The van der Waals surface area contributed by atoms with Crippen LogP contribution >= 0.6 is 11.6 Å². The van der Waals surface area contributed by atoms with Crippen LogP contribution in [0.5, 0.6) is 5.75 Å². The lowest BCUT2D eigenvalue weighted by atomic mass is 10.2. The lowest BCUT2D eigenvalue weighted by Gasteiger charge is -2.20. The van der Waals surface area contributed by atoms with Crippen LogP contribution in [0.15, 0.2) is 53.4 Å². The van der Waals surface area contributed by atoms with Crippen molar-refractivity contribution in [1.29, 1.82) is 0 Å². The fourth-order valence-electron chi connectivity index (χ4n) is 3.12. The van der Waals surface area contributed by atoms with Gasteiger partial charge in [-0.15, -0.1) is 0 Å². The summed E-state index contributed by atoms with van der Waals surface area (Å²) in [5.74, 6) is 0.0358. The second-order valence-corrected chi connectivity index (χ2v) is 9.16. The fourth-order valence-corrected chi connectivity index (χ4v) is 4.81. The standard InChI is InChI=1S/C21H24ClNO5S/c22-18-8-10-19(11-9-18)27-14-15-28-21(24)17-6-5-7-20(16-17)29(25,26)23-12-3-1-2-4-13-23/h5-11,16H,1-4,12-15H2. The summed E-state index contributed by atoms with van der Waals surface area (Å²) in [6, 6.07) is 12.9. The van der Waals surface area contributed by atoms with E-state index in [0.717, 1.165) is 25.7 Å². The molecule has 29 heavy (non-hydrogen) atoms. The number of hydrogen-bond acceptors (Lipinski definition) is 5. The predicted octanol–water partition coefficient (Wildman–Crippen LogP) is 4.14. The molecule has 3 rings (SSSR count). The van der Waals surface area contributed by atoms with Gasteiger partial charge in [-0.2, -0.15) is 4.31 Å². The molecular weight excluding hydrogens is 414 g/mol. The van der Waals surface area contributed by atoms with Crippen LogP contribution in [0.4, 0.5) is 0 Å². The summed E-state index contributed by atoms with van der Waals surface area (Å²) in [5, 5.41) is 0.610. The van der Waals surface area contributed by atoms with Crippen LogP contribution in [-0.4, -0.2) is 45.0 Å². The lowest BCUT2D eigenvalue weighted by molar-refractivity contribution is 0.0450. The first-order valence-corrected chi connectivity index (χ1v) is 11.4. The fraction of sp³-hybridized carbons (Fsp3) is 0.381. The molecule has 0 amide bonds. The van der Waals surface area contributed by atoms with Crippen LogP contribution in [-0.2, 0) is 14.8 Å². The van der Waals surface area contributed by atoms with Crippen molar-refractivity contribution >= 4 is 27.6 Å². The number of nitrogens with zero attached hydrogens (tertiary/aromatic N) is 1. The Morgan fingerprint density at radius 3 is 2.34 bits per heavy atom. The largest absolute Gasteiger partial charge is 0.490 e. The monoisotopic (exact) mass is 437 g/mol. The van der Waals surface area contributed by atoms with Gasteiger partial charge in [0.15, 0.2) is 0 Å². The second kappa shape index (κ2) is 10.1. The molecule has 6 nitrogen and oxygen atoms in total. The molecule has 8 heteroatoms. The predicted molar refractivity (Wildman–Crippen MR) is 111 cm³/mol. The molecule has 0 radical (unpaired) electrons. The van der Waals surface area contributed by atoms with Crippen molar-refractivity contribution in [3.63, 3.8) is 0 Å². The van der Waals surface area contributed by atoms with Gasteiger partial charge in [0.25, 0.3) is 0 Å². The molecule has 1 fully saturated rings. The zero-order valence-corrected chi connectivity index (χ0v) is 17.6. The Hall–Kier alpha value is -2.09. The van der Waals surface area contributed by atoms with Crippen LogP contribution in [0.3, 0.4) is 0 Å². The van der Waals surface area contributed by atoms with E-state index in [1.807, 2.05) is 0 Å². The molecule has 1 saturated heterocycles. The minimum atomic E-state index is -3.62. The molecule has 1 aliphatic rings. The highest BCUT2D eigenvalue weighted by Gasteiger charge is 2.26. The van der Waals surface area contributed by atoms with E-state index in [1.54, 1.807) is 36.4 Å². The molecule has 2 aromatic rings. The van der Waals surface area contributed by atoms with E-state index in [2.05, 4.69) is 0 Å². The number of halogens is 1. The van der Waals surface area contributed by atoms with Gasteiger partial charge < -0.3 is 9.47 Å². The number of sulfonamides is 1. The van der Waals surface area contributed by atoms with E-state index in [9.17, 15) is 13.2 Å². The summed E-state index contributed by atoms with van der Waals surface area (Å²) in [4.78, 5) is 12.4. The average molecular weight is 438 g/mol. The molecule has 0 saturated carbocycles. The van der Waals surface area contributed by atoms with Gasteiger partial charge in [-0.1, -0.05) is 30.5 Å². The molecule has 1 heterocycles. The number of ether oxygens (including phenoxy) is 2. The Morgan fingerprint density at radius 1 is 0.966 bits per heavy atom. The zero-order valence-electron chi connectivity index (χ0n) is 16.1. The Kier molecular flexibility index (Phi) is 7.52. The maximum absolute atomic E-state index is 12.9. The van der Waals surface area contributed by atoms with Crippen molar-refractivity contribution in [3.05, 3.63) is 59.1 Å². The summed E-state index contributed by atoms with van der Waals surface area (Å²) in [6.45, 7) is 1.25. The van der Waals surface area contributed by atoms with E-state index in [-0.39, 0.29) is 23.7 Å². The zero-order chi connectivity index (χ0) is 20.7.